The fourth-order valence-corrected chi connectivity index (χ4v) is 3.25. The van der Waals surface area contributed by atoms with Gasteiger partial charge in [-0.1, -0.05) is 30.9 Å². The average molecular weight is 505 g/mol. The fourth-order valence-electron chi connectivity index (χ4n) is 3.25. The van der Waals surface area contributed by atoms with Gasteiger partial charge < -0.3 is 30.7 Å². The largest absolute Gasteiger partial charge is 0.466 e. The van der Waals surface area contributed by atoms with E-state index in [0.29, 0.717) is 11.1 Å². The smallest absolute Gasteiger partial charge is 0.408 e. The highest BCUT2D eigenvalue weighted by Crippen LogP contribution is 2.23. The molecule has 0 heterocycles. The fraction of sp³-hybridized carbons (Fsp3) is 0.480. The molecular weight excluding hydrogens is 468 g/mol. The van der Waals surface area contributed by atoms with Crippen LogP contribution in [0.2, 0.25) is 0 Å². The summed E-state index contributed by atoms with van der Waals surface area (Å²) in [5.74, 6) is -2.63. The number of nitrogens with zero attached hydrogens (tertiary/aromatic N) is 1. The van der Waals surface area contributed by atoms with Crippen LogP contribution in [0.3, 0.4) is 0 Å². The van der Waals surface area contributed by atoms with E-state index in [1.54, 1.807) is 58.0 Å². The van der Waals surface area contributed by atoms with Crippen LogP contribution in [0.15, 0.2) is 30.8 Å². The highest BCUT2D eigenvalue weighted by Gasteiger charge is 2.35. The molecule has 4 N–H and O–H groups in total. The molecule has 11 heteroatoms. The number of likely N-dealkylation sites (N-methyl/N-ethyl adjacent to an activating group) is 1. The van der Waals surface area contributed by atoms with E-state index < -0.39 is 53.9 Å². The van der Waals surface area contributed by atoms with E-state index in [-0.39, 0.29) is 19.6 Å². The van der Waals surface area contributed by atoms with Crippen molar-refractivity contribution in [1.82, 2.24) is 15.5 Å². The highest BCUT2D eigenvalue weighted by atomic mass is 16.6. The lowest BCUT2D eigenvalue weighted by Crippen LogP contribution is -2.52. The molecule has 0 aliphatic carbocycles. The first-order valence-corrected chi connectivity index (χ1v) is 11.5. The molecule has 0 bridgehead atoms. The lowest BCUT2D eigenvalue weighted by molar-refractivity contribution is -0.143. The maximum absolute atomic E-state index is 13.4. The minimum absolute atomic E-state index is 0.0157. The molecule has 4 amide bonds. The van der Waals surface area contributed by atoms with Gasteiger partial charge in [0.15, 0.2) is 0 Å². The number of carbonyl (C=O) groups is 5. The highest BCUT2D eigenvalue weighted by molar-refractivity contribution is 5.94. The molecule has 0 saturated heterocycles. The Labute approximate surface area is 211 Å². The first-order chi connectivity index (χ1) is 16.8. The third-order valence-corrected chi connectivity index (χ3v) is 4.77. The number of amides is 4. The molecule has 1 aromatic carbocycles. The minimum atomic E-state index is -1.38. The van der Waals surface area contributed by atoms with E-state index in [9.17, 15) is 24.0 Å². The van der Waals surface area contributed by atoms with Crippen LogP contribution < -0.4 is 16.4 Å². The van der Waals surface area contributed by atoms with Crippen molar-refractivity contribution in [2.24, 2.45) is 5.73 Å². The number of nitrogens with one attached hydrogen (secondary N) is 2. The van der Waals surface area contributed by atoms with Crippen LogP contribution in [-0.4, -0.2) is 66.5 Å². The zero-order chi connectivity index (χ0) is 27.5. The summed E-state index contributed by atoms with van der Waals surface area (Å²) in [6, 6.07) is 4.26. The van der Waals surface area contributed by atoms with Crippen molar-refractivity contribution in [3.8, 4) is 0 Å². The maximum Gasteiger partial charge on any atom is 0.408 e. The van der Waals surface area contributed by atoms with Crippen molar-refractivity contribution in [3.63, 3.8) is 0 Å². The summed E-state index contributed by atoms with van der Waals surface area (Å²) in [5, 5.41) is 5.00. The Morgan fingerprint density at radius 3 is 2.42 bits per heavy atom. The number of rotatable bonds is 12. The van der Waals surface area contributed by atoms with Gasteiger partial charge in [0, 0.05) is 13.6 Å². The molecule has 0 radical (unpaired) electrons. The van der Waals surface area contributed by atoms with Crippen molar-refractivity contribution in [2.75, 3.05) is 20.2 Å². The first-order valence-electron chi connectivity index (χ1n) is 11.5. The van der Waals surface area contributed by atoms with E-state index in [1.165, 1.54) is 7.05 Å². The lowest BCUT2D eigenvalue weighted by Gasteiger charge is -2.31. The molecular formula is C25H36N4O7. The number of alkyl carbamates (subject to hydrolysis) is 1. The second-order valence-electron chi connectivity index (χ2n) is 8.94. The van der Waals surface area contributed by atoms with E-state index in [1.807, 2.05) is 0 Å². The molecule has 36 heavy (non-hydrogen) atoms. The summed E-state index contributed by atoms with van der Waals surface area (Å²) < 4.78 is 10.1. The van der Waals surface area contributed by atoms with E-state index in [0.717, 1.165) is 4.90 Å². The predicted molar refractivity (Wildman–Crippen MR) is 133 cm³/mol. The van der Waals surface area contributed by atoms with Crippen LogP contribution in [0.25, 0.3) is 6.08 Å². The second-order valence-corrected chi connectivity index (χ2v) is 8.94. The molecule has 11 nitrogen and oxygen atoms in total. The summed E-state index contributed by atoms with van der Waals surface area (Å²) in [6.07, 6.45) is 0.105. The van der Waals surface area contributed by atoms with E-state index >= 15 is 0 Å². The zero-order valence-electron chi connectivity index (χ0n) is 21.5. The molecule has 0 fully saturated rings. The Kier molecular flexibility index (Phi) is 11.6. The molecule has 0 aromatic heterocycles. The van der Waals surface area contributed by atoms with Gasteiger partial charge in [0.1, 0.15) is 17.7 Å². The Hall–Kier alpha value is -3.89. The summed E-state index contributed by atoms with van der Waals surface area (Å²) in [4.78, 5) is 63.3. The zero-order valence-corrected chi connectivity index (χ0v) is 21.5. The van der Waals surface area contributed by atoms with Crippen molar-refractivity contribution in [2.45, 2.75) is 58.2 Å². The van der Waals surface area contributed by atoms with Crippen LogP contribution >= 0.6 is 0 Å². The van der Waals surface area contributed by atoms with Crippen molar-refractivity contribution in [1.29, 1.82) is 0 Å². The topological polar surface area (TPSA) is 157 Å². The van der Waals surface area contributed by atoms with E-state index in [4.69, 9.17) is 15.2 Å². The molecule has 1 aromatic rings. The van der Waals surface area contributed by atoms with Gasteiger partial charge >= 0.3 is 12.1 Å². The standard InChI is InChI=1S/C25H36N4O7/c1-7-16-10-9-11-17(14-16)21(22(32)27-13-12-20(31)35-8-2)29(6)23(33)18(15-19(26)30)28-24(34)36-25(3,4)5/h7,9-11,14,18,21H,1,8,12-13,15H2,2-6H3,(H2,26,30)(H,27,32)(H,28,34). The normalized spacial score (nSPS) is 12.5. The van der Waals surface area contributed by atoms with Gasteiger partial charge in [0.05, 0.1) is 19.4 Å². The number of carbonyl (C=O) groups excluding carboxylic acids is 5. The molecule has 0 saturated carbocycles. The van der Waals surface area contributed by atoms with Gasteiger partial charge in [0.2, 0.25) is 17.7 Å². The van der Waals surface area contributed by atoms with Crippen molar-refractivity contribution >= 4 is 35.9 Å². The number of primary amides is 1. The van der Waals surface area contributed by atoms with Crippen LogP contribution in [0.4, 0.5) is 4.79 Å². The monoisotopic (exact) mass is 504 g/mol. The van der Waals surface area contributed by atoms with Crippen molar-refractivity contribution < 1.29 is 33.4 Å². The molecule has 2 unspecified atom stereocenters. The summed E-state index contributed by atoms with van der Waals surface area (Å²) in [6.45, 7) is 10.5. The van der Waals surface area contributed by atoms with Crippen LogP contribution in [0.1, 0.15) is 57.7 Å². The summed E-state index contributed by atoms with van der Waals surface area (Å²) >= 11 is 0. The van der Waals surface area contributed by atoms with Crippen LogP contribution in [0.5, 0.6) is 0 Å². The van der Waals surface area contributed by atoms with Gasteiger partial charge in [-0.05, 0) is 44.9 Å². The van der Waals surface area contributed by atoms with E-state index in [2.05, 4.69) is 17.2 Å². The predicted octanol–water partition coefficient (Wildman–Crippen LogP) is 1.67. The Balaban J connectivity index is 3.24. The molecule has 1 rings (SSSR count). The number of ether oxygens (including phenoxy) is 2. The molecule has 0 aliphatic rings. The second kappa shape index (κ2) is 13.9. The number of hydrogen-bond acceptors (Lipinski definition) is 7. The third kappa shape index (κ3) is 10.2. The van der Waals surface area contributed by atoms with Crippen molar-refractivity contribution in [3.05, 3.63) is 42.0 Å². The van der Waals surface area contributed by atoms with Gasteiger partial charge in [-0.3, -0.25) is 19.2 Å². The maximum atomic E-state index is 13.4. The average Bonchev–Trinajstić information content (AvgIpc) is 2.77. The van der Waals surface area contributed by atoms with Gasteiger partial charge in [-0.2, -0.15) is 0 Å². The molecule has 0 aliphatic heterocycles. The molecule has 0 spiro atoms. The number of nitrogens with two attached hydrogens (primary N) is 1. The van der Waals surface area contributed by atoms with Gasteiger partial charge in [-0.15, -0.1) is 0 Å². The Bertz CT molecular complexity index is 971. The summed E-state index contributed by atoms with van der Waals surface area (Å²) in [5.41, 5.74) is 5.62. The molecule has 198 valence electrons. The van der Waals surface area contributed by atoms with Crippen LogP contribution in [-0.2, 0) is 28.7 Å². The minimum Gasteiger partial charge on any atom is -0.466 e. The number of esters is 1. The number of hydrogen-bond donors (Lipinski definition) is 3. The number of benzene rings is 1. The third-order valence-electron chi connectivity index (χ3n) is 4.77. The van der Waals surface area contributed by atoms with Gasteiger partial charge in [-0.25, -0.2) is 4.79 Å². The first kappa shape index (κ1) is 30.1. The Morgan fingerprint density at radius 1 is 1.19 bits per heavy atom. The van der Waals surface area contributed by atoms with Crippen LogP contribution in [0, 0.1) is 0 Å². The summed E-state index contributed by atoms with van der Waals surface area (Å²) in [7, 11) is 1.36. The lowest BCUT2D eigenvalue weighted by atomic mass is 10.0. The SMILES string of the molecule is C=Cc1cccc(C(C(=O)NCCC(=O)OCC)N(C)C(=O)C(CC(N)=O)NC(=O)OC(C)(C)C)c1. The quantitative estimate of drug-likeness (QED) is 0.365. The molecule has 2 atom stereocenters. The van der Waals surface area contributed by atoms with Gasteiger partial charge in [0.25, 0.3) is 0 Å². The Morgan fingerprint density at radius 2 is 1.86 bits per heavy atom.